The van der Waals surface area contributed by atoms with Gasteiger partial charge in [0, 0.05) is 86.9 Å². The van der Waals surface area contributed by atoms with E-state index in [1.54, 1.807) is 0 Å². The molecule has 2 aliphatic rings. The highest BCUT2D eigenvalue weighted by Gasteiger charge is 2.20. The number of ether oxygens (including phenoxy) is 1. The molecule has 0 atom stereocenters. The van der Waals surface area contributed by atoms with Gasteiger partial charge in [-0.15, -0.1) is 0 Å². The Bertz CT molecular complexity index is 1090. The topological polar surface area (TPSA) is 36.8 Å². The van der Waals surface area contributed by atoms with Crippen molar-refractivity contribution in [2.45, 2.75) is 33.4 Å². The fourth-order valence-electron chi connectivity index (χ4n) is 5.19. The maximum absolute atomic E-state index is 5.52. The van der Waals surface area contributed by atoms with E-state index in [0.717, 1.165) is 70.4 Å². The van der Waals surface area contributed by atoms with Gasteiger partial charge >= 0.3 is 0 Å². The van der Waals surface area contributed by atoms with Crippen molar-refractivity contribution in [1.82, 2.24) is 19.4 Å². The molecule has 2 fully saturated rings. The van der Waals surface area contributed by atoms with Crippen molar-refractivity contribution in [3.05, 3.63) is 47.8 Å². The number of piperazine rings is 1. The van der Waals surface area contributed by atoms with Gasteiger partial charge in [0.15, 0.2) is 0 Å². The van der Waals surface area contributed by atoms with Gasteiger partial charge in [-0.3, -0.25) is 14.8 Å². The van der Waals surface area contributed by atoms with E-state index in [1.807, 2.05) is 0 Å². The number of morpholine rings is 1. The second-order valence-electron chi connectivity index (χ2n) is 9.79. The number of fused-ring (bicyclic) bond motifs is 1. The molecule has 0 spiro atoms. The molecule has 0 aliphatic carbocycles. The molecular formula is C27H37N5O. The Kier molecular flexibility index (Phi) is 6.41. The first kappa shape index (κ1) is 22.4. The number of benzene rings is 1. The van der Waals surface area contributed by atoms with E-state index in [-0.39, 0.29) is 0 Å². The summed E-state index contributed by atoms with van der Waals surface area (Å²) in [5, 5.41) is 1.24. The molecule has 6 nitrogen and oxygen atoms in total. The standard InChI is InChI=1S/C27H37N5O/c1-20(2)31-9-11-32(12-10-31)23-7-5-22(6-8-23)27-25-18-24(19-30-13-15-33-16-14-30)29(4)26(25)17-21(3)28-27/h5-8,17-18,20H,9-16,19H2,1-4H3. The van der Waals surface area contributed by atoms with Crippen molar-refractivity contribution in [1.29, 1.82) is 0 Å². The normalized spacial score (nSPS) is 18.5. The molecule has 0 saturated carbocycles. The number of nitrogens with zero attached hydrogens (tertiary/aromatic N) is 5. The third-order valence-electron chi connectivity index (χ3n) is 7.31. The first-order valence-corrected chi connectivity index (χ1v) is 12.3. The number of hydrogen-bond acceptors (Lipinski definition) is 5. The SMILES string of the molecule is Cc1cc2c(cc(CN3CCOCC3)n2C)c(-c2ccc(N3CCN(C(C)C)CC3)cc2)n1. The fraction of sp³-hybridized carbons (Fsp3) is 0.519. The lowest BCUT2D eigenvalue weighted by Gasteiger charge is -2.38. The number of pyridine rings is 1. The van der Waals surface area contributed by atoms with Gasteiger partial charge in [0.1, 0.15) is 0 Å². The van der Waals surface area contributed by atoms with Crippen LogP contribution < -0.4 is 4.90 Å². The molecule has 33 heavy (non-hydrogen) atoms. The van der Waals surface area contributed by atoms with Gasteiger partial charge in [0.25, 0.3) is 0 Å². The number of aromatic nitrogens is 2. The molecule has 0 radical (unpaired) electrons. The van der Waals surface area contributed by atoms with Crippen LogP contribution in [0, 0.1) is 6.92 Å². The van der Waals surface area contributed by atoms with Crippen LogP contribution in [0.5, 0.6) is 0 Å². The number of anilines is 1. The molecule has 2 aromatic heterocycles. The first-order valence-electron chi connectivity index (χ1n) is 12.3. The van der Waals surface area contributed by atoms with Crippen LogP contribution in [0.4, 0.5) is 5.69 Å². The molecule has 0 N–H and O–H groups in total. The first-order chi connectivity index (χ1) is 16.0. The van der Waals surface area contributed by atoms with Crippen LogP contribution in [0.1, 0.15) is 25.2 Å². The third-order valence-corrected chi connectivity index (χ3v) is 7.31. The second-order valence-corrected chi connectivity index (χ2v) is 9.79. The Labute approximate surface area is 197 Å². The molecule has 4 heterocycles. The lowest BCUT2D eigenvalue weighted by Crippen LogP contribution is -2.48. The summed E-state index contributed by atoms with van der Waals surface area (Å²) in [5.74, 6) is 0. The van der Waals surface area contributed by atoms with Crippen molar-refractivity contribution in [2.75, 3.05) is 57.4 Å². The molecule has 0 bridgehead atoms. The molecular weight excluding hydrogens is 410 g/mol. The van der Waals surface area contributed by atoms with Gasteiger partial charge in [0.05, 0.1) is 24.4 Å². The van der Waals surface area contributed by atoms with E-state index in [4.69, 9.17) is 9.72 Å². The van der Waals surface area contributed by atoms with Gasteiger partial charge < -0.3 is 14.2 Å². The Morgan fingerprint density at radius 1 is 0.939 bits per heavy atom. The molecule has 176 valence electrons. The monoisotopic (exact) mass is 447 g/mol. The lowest BCUT2D eigenvalue weighted by molar-refractivity contribution is 0.0333. The Balaban J connectivity index is 1.40. The summed E-state index contributed by atoms with van der Waals surface area (Å²) in [6.07, 6.45) is 0. The van der Waals surface area contributed by atoms with Gasteiger partial charge in [-0.05, 0) is 45.0 Å². The second kappa shape index (κ2) is 9.45. The van der Waals surface area contributed by atoms with Crippen molar-refractivity contribution in [3.8, 4) is 11.3 Å². The summed E-state index contributed by atoms with van der Waals surface area (Å²) in [6, 6.07) is 14.2. The lowest BCUT2D eigenvalue weighted by atomic mass is 10.1. The van der Waals surface area contributed by atoms with Gasteiger partial charge in [-0.1, -0.05) is 12.1 Å². The van der Waals surface area contributed by atoms with E-state index in [1.165, 1.54) is 27.8 Å². The highest BCUT2D eigenvalue weighted by Crippen LogP contribution is 2.32. The quantitative estimate of drug-likeness (QED) is 0.593. The third kappa shape index (κ3) is 4.65. The Morgan fingerprint density at radius 3 is 2.30 bits per heavy atom. The predicted octanol–water partition coefficient (Wildman–Crippen LogP) is 3.91. The van der Waals surface area contributed by atoms with Crippen molar-refractivity contribution in [3.63, 3.8) is 0 Å². The van der Waals surface area contributed by atoms with Crippen molar-refractivity contribution in [2.24, 2.45) is 7.05 Å². The van der Waals surface area contributed by atoms with Gasteiger partial charge in [-0.25, -0.2) is 0 Å². The Morgan fingerprint density at radius 2 is 1.64 bits per heavy atom. The van der Waals surface area contributed by atoms with Crippen molar-refractivity contribution >= 4 is 16.6 Å². The van der Waals surface area contributed by atoms with Crippen LogP contribution in [0.3, 0.4) is 0 Å². The van der Waals surface area contributed by atoms with Crippen LogP contribution in [0.15, 0.2) is 36.4 Å². The molecule has 5 rings (SSSR count). The maximum atomic E-state index is 5.52. The summed E-state index contributed by atoms with van der Waals surface area (Å²) in [6.45, 7) is 15.7. The zero-order valence-corrected chi connectivity index (χ0v) is 20.5. The number of aryl methyl sites for hydroxylation is 2. The molecule has 3 aromatic rings. The summed E-state index contributed by atoms with van der Waals surface area (Å²) in [5.41, 5.74) is 7.24. The highest BCUT2D eigenvalue weighted by molar-refractivity contribution is 5.94. The molecule has 1 aromatic carbocycles. The van der Waals surface area contributed by atoms with Gasteiger partial charge in [0.2, 0.25) is 0 Å². The maximum Gasteiger partial charge on any atom is 0.0799 e. The average Bonchev–Trinajstić information content (AvgIpc) is 3.14. The van der Waals surface area contributed by atoms with E-state index in [9.17, 15) is 0 Å². The van der Waals surface area contributed by atoms with Crippen LogP contribution >= 0.6 is 0 Å². The zero-order valence-electron chi connectivity index (χ0n) is 20.5. The average molecular weight is 448 g/mol. The number of rotatable bonds is 5. The largest absolute Gasteiger partial charge is 0.379 e. The minimum Gasteiger partial charge on any atom is -0.379 e. The molecule has 6 heteroatoms. The summed E-state index contributed by atoms with van der Waals surface area (Å²) in [7, 11) is 2.18. The number of hydrogen-bond donors (Lipinski definition) is 0. The van der Waals surface area contributed by atoms with E-state index in [2.05, 4.69) is 83.5 Å². The van der Waals surface area contributed by atoms with E-state index in [0.29, 0.717) is 6.04 Å². The van der Waals surface area contributed by atoms with E-state index >= 15 is 0 Å². The van der Waals surface area contributed by atoms with Crippen molar-refractivity contribution < 1.29 is 4.74 Å². The predicted molar refractivity (Wildman–Crippen MR) is 136 cm³/mol. The van der Waals surface area contributed by atoms with Crippen LogP contribution in [0.25, 0.3) is 22.2 Å². The molecule has 2 saturated heterocycles. The minimum absolute atomic E-state index is 0.628. The molecule has 0 amide bonds. The van der Waals surface area contributed by atoms with Crippen LogP contribution in [-0.2, 0) is 18.3 Å². The molecule has 0 unspecified atom stereocenters. The smallest absolute Gasteiger partial charge is 0.0799 e. The fourth-order valence-corrected chi connectivity index (χ4v) is 5.19. The van der Waals surface area contributed by atoms with Crippen LogP contribution in [0.2, 0.25) is 0 Å². The zero-order chi connectivity index (χ0) is 22.9. The van der Waals surface area contributed by atoms with E-state index < -0.39 is 0 Å². The summed E-state index contributed by atoms with van der Waals surface area (Å²) < 4.78 is 7.86. The minimum atomic E-state index is 0.628. The summed E-state index contributed by atoms with van der Waals surface area (Å²) in [4.78, 5) is 12.5. The summed E-state index contributed by atoms with van der Waals surface area (Å²) >= 11 is 0. The van der Waals surface area contributed by atoms with Crippen LogP contribution in [-0.4, -0.2) is 77.9 Å². The molecule has 2 aliphatic heterocycles. The highest BCUT2D eigenvalue weighted by atomic mass is 16.5. The Hall–Kier alpha value is -2.41. The van der Waals surface area contributed by atoms with Gasteiger partial charge in [-0.2, -0.15) is 0 Å².